The highest BCUT2D eigenvalue weighted by Crippen LogP contribution is 2.06. The Kier molecular flexibility index (Phi) is 7.87. The van der Waals surface area contributed by atoms with Gasteiger partial charge in [-0.2, -0.15) is 0 Å². The molecular weight excluding hydrogens is 240 g/mol. The topological polar surface area (TPSA) is 65.4 Å². The number of halogens is 1. The number of pyridine rings is 1. The van der Waals surface area contributed by atoms with Gasteiger partial charge in [-0.25, -0.2) is 0 Å². The number of hydrogen-bond donors (Lipinski definition) is 3. The summed E-state index contributed by atoms with van der Waals surface area (Å²) in [4.78, 5) is 3.83. The fourth-order valence-electron chi connectivity index (χ4n) is 1.44. The summed E-state index contributed by atoms with van der Waals surface area (Å²) in [7, 11) is 0. The lowest BCUT2D eigenvalue weighted by Crippen LogP contribution is -2.39. The zero-order valence-corrected chi connectivity index (χ0v) is 11.1. The number of aromatic hydroxyl groups is 1. The van der Waals surface area contributed by atoms with Gasteiger partial charge >= 0.3 is 0 Å². The molecule has 1 fully saturated rings. The molecule has 0 saturated carbocycles. The Morgan fingerprint density at radius 3 is 2.41 bits per heavy atom. The van der Waals surface area contributed by atoms with E-state index < -0.39 is 0 Å². The van der Waals surface area contributed by atoms with Crippen molar-refractivity contribution in [1.82, 2.24) is 10.3 Å². The van der Waals surface area contributed by atoms with E-state index in [1.165, 1.54) is 6.20 Å². The molecule has 0 spiro atoms. The molecule has 0 radical (unpaired) electrons. The molecule has 5 heteroatoms. The van der Waals surface area contributed by atoms with Crippen LogP contribution in [0.4, 0.5) is 0 Å². The molecule has 0 aromatic carbocycles. The van der Waals surface area contributed by atoms with Crippen molar-refractivity contribution in [2.24, 2.45) is 0 Å². The summed E-state index contributed by atoms with van der Waals surface area (Å²) in [6.07, 6.45) is 3.41. The minimum atomic E-state index is -0.0915. The van der Waals surface area contributed by atoms with E-state index in [9.17, 15) is 0 Å². The van der Waals surface area contributed by atoms with Gasteiger partial charge in [-0.05, 0) is 38.8 Å². The van der Waals surface area contributed by atoms with Crippen molar-refractivity contribution in [2.45, 2.75) is 38.8 Å². The Morgan fingerprint density at radius 2 is 2.06 bits per heavy atom. The Morgan fingerprint density at radius 1 is 1.35 bits per heavy atom. The van der Waals surface area contributed by atoms with Crippen LogP contribution in [0, 0.1) is 6.92 Å². The molecule has 0 unspecified atom stereocenters. The van der Waals surface area contributed by atoms with Crippen molar-refractivity contribution in [3.05, 3.63) is 24.0 Å². The summed E-state index contributed by atoms with van der Waals surface area (Å²) < 4.78 is 0. The maximum atomic E-state index is 8.96. The molecule has 1 aromatic heterocycles. The lowest BCUT2D eigenvalue weighted by molar-refractivity contribution is 0.129. The molecule has 17 heavy (non-hydrogen) atoms. The van der Waals surface area contributed by atoms with Crippen molar-refractivity contribution in [3.8, 4) is 5.75 Å². The number of aryl methyl sites for hydroxylation is 1. The van der Waals surface area contributed by atoms with E-state index in [2.05, 4.69) is 17.2 Å². The van der Waals surface area contributed by atoms with Crippen LogP contribution in [0.5, 0.6) is 5.75 Å². The van der Waals surface area contributed by atoms with Gasteiger partial charge in [0.25, 0.3) is 0 Å². The van der Waals surface area contributed by atoms with Crippen molar-refractivity contribution < 1.29 is 10.2 Å². The number of aliphatic hydroxyl groups excluding tert-OH is 1. The van der Waals surface area contributed by atoms with Gasteiger partial charge in [0.15, 0.2) is 0 Å². The fraction of sp³-hybridized carbons (Fsp3) is 0.583. The summed E-state index contributed by atoms with van der Waals surface area (Å²) in [6, 6.07) is 3.98. The zero-order chi connectivity index (χ0) is 12.0. The zero-order valence-electron chi connectivity index (χ0n) is 10.3. The second kappa shape index (κ2) is 8.28. The van der Waals surface area contributed by atoms with E-state index in [-0.39, 0.29) is 24.3 Å². The molecule has 0 bridgehead atoms. The summed E-state index contributed by atoms with van der Waals surface area (Å²) in [5.41, 5.74) is 0.919. The van der Waals surface area contributed by atoms with Crippen LogP contribution in [0.15, 0.2) is 18.3 Å². The fourth-order valence-corrected chi connectivity index (χ4v) is 1.44. The van der Waals surface area contributed by atoms with E-state index in [4.69, 9.17) is 10.2 Å². The molecule has 0 aliphatic carbocycles. The lowest BCUT2D eigenvalue weighted by atomic mass is 10.0. The second-order valence-corrected chi connectivity index (χ2v) is 4.20. The minimum absolute atomic E-state index is 0. The molecule has 1 aliphatic heterocycles. The quantitative estimate of drug-likeness (QED) is 0.664. The second-order valence-electron chi connectivity index (χ2n) is 4.20. The number of piperidine rings is 1. The van der Waals surface area contributed by atoms with Crippen molar-refractivity contribution in [3.63, 3.8) is 0 Å². The Bertz CT molecular complexity index is 267. The average Bonchev–Trinajstić information content (AvgIpc) is 2.28. The maximum absolute atomic E-state index is 8.96. The Balaban J connectivity index is 0.000000284. The number of nitrogens with one attached hydrogen (secondary N) is 1. The van der Waals surface area contributed by atoms with Crippen LogP contribution in [-0.2, 0) is 0 Å². The number of hydrogen-bond acceptors (Lipinski definition) is 4. The number of aromatic nitrogens is 1. The first-order valence-corrected chi connectivity index (χ1v) is 5.61. The number of aliphatic hydroxyl groups is 1. The molecule has 0 amide bonds. The molecule has 2 atom stereocenters. The molecule has 1 aliphatic rings. The predicted octanol–water partition coefficient (Wildman–Crippen LogP) is 1.64. The first-order chi connectivity index (χ1) is 7.58. The molecule has 98 valence electrons. The van der Waals surface area contributed by atoms with Crippen LogP contribution >= 0.6 is 12.4 Å². The van der Waals surface area contributed by atoms with Crippen molar-refractivity contribution >= 4 is 12.4 Å². The van der Waals surface area contributed by atoms with Crippen molar-refractivity contribution in [1.29, 1.82) is 0 Å². The van der Waals surface area contributed by atoms with E-state index >= 15 is 0 Å². The van der Waals surface area contributed by atoms with Gasteiger partial charge in [-0.3, -0.25) is 4.98 Å². The van der Waals surface area contributed by atoms with E-state index in [1.807, 2.05) is 6.92 Å². The molecule has 4 nitrogen and oxygen atoms in total. The van der Waals surface area contributed by atoms with Crippen LogP contribution in [0.1, 0.15) is 25.5 Å². The van der Waals surface area contributed by atoms with Crippen LogP contribution < -0.4 is 5.32 Å². The summed E-state index contributed by atoms with van der Waals surface area (Å²) in [5, 5.41) is 20.8. The third-order valence-corrected chi connectivity index (χ3v) is 2.53. The van der Waals surface area contributed by atoms with Gasteiger partial charge in [-0.1, -0.05) is 0 Å². The molecule has 2 heterocycles. The largest absolute Gasteiger partial charge is 0.506 e. The van der Waals surface area contributed by atoms with Gasteiger partial charge in [-0.15, -0.1) is 12.4 Å². The first-order valence-electron chi connectivity index (χ1n) is 5.61. The summed E-state index contributed by atoms with van der Waals surface area (Å²) >= 11 is 0. The Labute approximate surface area is 108 Å². The monoisotopic (exact) mass is 260 g/mol. The normalized spacial score (nSPS) is 23.0. The SMILES string of the molecule is C[C@H]1CC[C@H](O)CN1.Cc1ccc(O)cn1.Cl. The number of nitrogens with zero attached hydrogens (tertiary/aromatic N) is 1. The lowest BCUT2D eigenvalue weighted by Gasteiger charge is -2.23. The maximum Gasteiger partial charge on any atom is 0.133 e. The third kappa shape index (κ3) is 7.15. The molecular formula is C12H21ClN2O2. The predicted molar refractivity (Wildman–Crippen MR) is 70.6 cm³/mol. The van der Waals surface area contributed by atoms with Crippen molar-refractivity contribution in [2.75, 3.05) is 6.54 Å². The van der Waals surface area contributed by atoms with Crippen LogP contribution in [0.3, 0.4) is 0 Å². The highest BCUT2D eigenvalue weighted by atomic mass is 35.5. The van der Waals surface area contributed by atoms with Gasteiger partial charge in [0.2, 0.25) is 0 Å². The van der Waals surface area contributed by atoms with Crippen LogP contribution in [-0.4, -0.2) is 33.9 Å². The van der Waals surface area contributed by atoms with Gasteiger partial charge in [0.05, 0.1) is 12.3 Å². The summed E-state index contributed by atoms with van der Waals surface area (Å²) in [6.45, 7) is 4.80. The highest BCUT2D eigenvalue weighted by molar-refractivity contribution is 5.85. The smallest absolute Gasteiger partial charge is 0.133 e. The molecule has 3 N–H and O–H groups in total. The van der Waals surface area contributed by atoms with E-state index in [1.54, 1.807) is 12.1 Å². The first kappa shape index (κ1) is 16.2. The summed E-state index contributed by atoms with van der Waals surface area (Å²) in [5.74, 6) is 0.218. The third-order valence-electron chi connectivity index (χ3n) is 2.53. The Hall–Kier alpha value is -0.840. The minimum Gasteiger partial charge on any atom is -0.506 e. The highest BCUT2D eigenvalue weighted by Gasteiger charge is 2.13. The van der Waals surface area contributed by atoms with Gasteiger partial charge < -0.3 is 15.5 Å². The van der Waals surface area contributed by atoms with Crippen LogP contribution in [0.2, 0.25) is 0 Å². The number of rotatable bonds is 0. The van der Waals surface area contributed by atoms with Crippen LogP contribution in [0.25, 0.3) is 0 Å². The van der Waals surface area contributed by atoms with E-state index in [0.717, 1.165) is 25.1 Å². The molecule has 2 rings (SSSR count). The molecule has 1 saturated heterocycles. The van der Waals surface area contributed by atoms with Gasteiger partial charge in [0.1, 0.15) is 5.75 Å². The average molecular weight is 261 g/mol. The number of β-amino-alcohol motifs (C(OH)–C–C–N with tert-alkyl or cyclic N) is 1. The molecule has 1 aromatic rings. The van der Waals surface area contributed by atoms with E-state index in [0.29, 0.717) is 6.04 Å². The van der Waals surface area contributed by atoms with Gasteiger partial charge in [0, 0.05) is 18.3 Å². The standard InChI is InChI=1S/C6H13NO.C6H7NO.ClH/c2*1-5-2-3-6(8)4-7-5;/h5-8H,2-4H2,1H3;2-4,8H,1H3;1H/t5-,6-;;/m0../s1.